The Morgan fingerprint density at radius 3 is 2.26 bits per heavy atom. The van der Waals surface area contributed by atoms with Crippen LogP contribution in [0.3, 0.4) is 0 Å². The maximum Gasteiger partial charge on any atom is 0.320 e. The first-order valence-electron chi connectivity index (χ1n) is 6.55. The summed E-state index contributed by atoms with van der Waals surface area (Å²) in [5.74, 6) is -0.772. The molecule has 0 radical (unpaired) electrons. The van der Waals surface area contributed by atoms with Gasteiger partial charge in [-0.15, -0.1) is 11.3 Å². The summed E-state index contributed by atoms with van der Waals surface area (Å²) < 4.78 is 0. The van der Waals surface area contributed by atoms with Gasteiger partial charge in [0.1, 0.15) is 12.1 Å². The second-order valence-corrected chi connectivity index (χ2v) is 6.44. The SMILES string of the molecule is CC(C)C(NC(C(C)C)C(O)c1cccs1)C(=O)O. The molecule has 0 amide bonds. The van der Waals surface area contributed by atoms with E-state index in [0.717, 1.165) is 4.88 Å². The second kappa shape index (κ2) is 7.03. The lowest BCUT2D eigenvalue weighted by molar-refractivity contribution is -0.141. The van der Waals surface area contributed by atoms with Crippen LogP contribution in [0.25, 0.3) is 0 Å². The number of carboxylic acid groups (broad SMARTS) is 1. The first-order chi connectivity index (χ1) is 8.84. The van der Waals surface area contributed by atoms with Crippen LogP contribution in [0.5, 0.6) is 0 Å². The third kappa shape index (κ3) is 4.30. The minimum absolute atomic E-state index is 0.0331. The molecule has 3 atom stereocenters. The molecule has 1 aromatic rings. The highest BCUT2D eigenvalue weighted by Crippen LogP contribution is 2.26. The number of hydrogen-bond donors (Lipinski definition) is 3. The molecule has 1 rings (SSSR count). The van der Waals surface area contributed by atoms with Gasteiger partial charge in [0.15, 0.2) is 0 Å². The van der Waals surface area contributed by atoms with Crippen molar-refractivity contribution in [3.05, 3.63) is 22.4 Å². The Balaban J connectivity index is 2.86. The highest BCUT2D eigenvalue weighted by Gasteiger charge is 2.31. The van der Waals surface area contributed by atoms with E-state index in [0.29, 0.717) is 0 Å². The van der Waals surface area contributed by atoms with Gasteiger partial charge in [-0.1, -0.05) is 33.8 Å². The summed E-state index contributed by atoms with van der Waals surface area (Å²) in [6.45, 7) is 7.68. The maximum atomic E-state index is 11.3. The average molecular weight is 285 g/mol. The first-order valence-corrected chi connectivity index (χ1v) is 7.42. The van der Waals surface area contributed by atoms with Crippen molar-refractivity contribution in [1.29, 1.82) is 0 Å². The molecule has 4 nitrogen and oxygen atoms in total. The highest BCUT2D eigenvalue weighted by molar-refractivity contribution is 7.10. The van der Waals surface area contributed by atoms with Gasteiger partial charge in [-0.2, -0.15) is 0 Å². The number of aliphatic hydroxyl groups excluding tert-OH is 1. The van der Waals surface area contributed by atoms with E-state index in [1.54, 1.807) is 0 Å². The smallest absolute Gasteiger partial charge is 0.320 e. The van der Waals surface area contributed by atoms with Crippen LogP contribution in [0.15, 0.2) is 17.5 Å². The molecule has 108 valence electrons. The van der Waals surface area contributed by atoms with E-state index in [4.69, 9.17) is 0 Å². The van der Waals surface area contributed by atoms with Crippen molar-refractivity contribution in [3.63, 3.8) is 0 Å². The van der Waals surface area contributed by atoms with Gasteiger partial charge >= 0.3 is 5.97 Å². The van der Waals surface area contributed by atoms with Crippen molar-refractivity contribution < 1.29 is 15.0 Å². The molecule has 0 fully saturated rings. The molecule has 0 saturated heterocycles. The van der Waals surface area contributed by atoms with Gasteiger partial charge in [0.25, 0.3) is 0 Å². The molecule has 0 aromatic carbocycles. The van der Waals surface area contributed by atoms with Crippen molar-refractivity contribution >= 4 is 17.3 Å². The molecule has 0 spiro atoms. The fourth-order valence-corrected chi connectivity index (χ4v) is 2.80. The van der Waals surface area contributed by atoms with Gasteiger partial charge in [0.05, 0.1) is 0 Å². The molecule has 3 unspecified atom stereocenters. The van der Waals surface area contributed by atoms with Crippen molar-refractivity contribution in [1.82, 2.24) is 5.32 Å². The van der Waals surface area contributed by atoms with Crippen LogP contribution in [0.4, 0.5) is 0 Å². The first kappa shape index (κ1) is 16.1. The van der Waals surface area contributed by atoms with E-state index < -0.39 is 18.1 Å². The van der Waals surface area contributed by atoms with E-state index in [1.807, 2.05) is 45.2 Å². The Bertz CT molecular complexity index is 389. The molecule has 0 saturated carbocycles. The standard InChI is InChI=1S/C14H23NO3S/c1-8(2)11(13(16)10-6-5-7-19-10)15-12(9(3)4)14(17)18/h5-9,11-13,15-16H,1-4H3,(H,17,18). The van der Waals surface area contributed by atoms with Crippen LogP contribution in [-0.2, 0) is 4.79 Å². The Morgan fingerprint density at radius 1 is 1.26 bits per heavy atom. The van der Waals surface area contributed by atoms with Crippen LogP contribution < -0.4 is 5.32 Å². The largest absolute Gasteiger partial charge is 0.480 e. The van der Waals surface area contributed by atoms with Crippen LogP contribution in [0.1, 0.15) is 38.7 Å². The fourth-order valence-electron chi connectivity index (χ4n) is 2.04. The summed E-state index contributed by atoms with van der Waals surface area (Å²) in [4.78, 5) is 12.1. The molecule has 0 aliphatic heterocycles. The molecule has 19 heavy (non-hydrogen) atoms. The fraction of sp³-hybridized carbons (Fsp3) is 0.643. The molecular weight excluding hydrogens is 262 g/mol. The van der Waals surface area contributed by atoms with Crippen molar-refractivity contribution in [2.24, 2.45) is 11.8 Å². The number of thiophene rings is 1. The van der Waals surface area contributed by atoms with Gasteiger partial charge < -0.3 is 10.2 Å². The van der Waals surface area contributed by atoms with Crippen LogP contribution in [0.2, 0.25) is 0 Å². The van der Waals surface area contributed by atoms with Crippen LogP contribution >= 0.6 is 11.3 Å². The van der Waals surface area contributed by atoms with Gasteiger partial charge in [-0.25, -0.2) is 0 Å². The minimum Gasteiger partial charge on any atom is -0.480 e. The lowest BCUT2D eigenvalue weighted by atomic mass is 9.94. The number of hydrogen-bond acceptors (Lipinski definition) is 4. The summed E-state index contributed by atoms with van der Waals surface area (Å²) in [6, 6.07) is 2.83. The zero-order valence-electron chi connectivity index (χ0n) is 11.8. The lowest BCUT2D eigenvalue weighted by Gasteiger charge is -2.31. The number of carbonyl (C=O) groups is 1. The monoisotopic (exact) mass is 285 g/mol. The molecular formula is C14H23NO3S. The minimum atomic E-state index is -0.876. The summed E-state index contributed by atoms with van der Waals surface area (Å²) in [7, 11) is 0. The molecule has 5 heteroatoms. The number of aliphatic carboxylic acids is 1. The molecule has 3 N–H and O–H groups in total. The molecule has 0 aliphatic rings. The van der Waals surface area contributed by atoms with E-state index >= 15 is 0 Å². The number of nitrogens with one attached hydrogen (secondary N) is 1. The predicted molar refractivity (Wildman–Crippen MR) is 77.3 cm³/mol. The zero-order chi connectivity index (χ0) is 14.6. The second-order valence-electron chi connectivity index (χ2n) is 5.46. The Kier molecular flexibility index (Phi) is 5.97. The highest BCUT2D eigenvalue weighted by atomic mass is 32.1. The van der Waals surface area contributed by atoms with Gasteiger partial charge in [-0.05, 0) is 23.3 Å². The van der Waals surface area contributed by atoms with E-state index in [-0.39, 0.29) is 17.9 Å². The van der Waals surface area contributed by atoms with Crippen molar-refractivity contribution in [3.8, 4) is 0 Å². The van der Waals surface area contributed by atoms with Crippen LogP contribution in [-0.4, -0.2) is 28.3 Å². The Morgan fingerprint density at radius 2 is 1.89 bits per heavy atom. The number of rotatable bonds is 7. The van der Waals surface area contributed by atoms with Gasteiger partial charge in [-0.3, -0.25) is 10.1 Å². The summed E-state index contributed by atoms with van der Waals surface area (Å²) in [5, 5.41) is 24.7. The van der Waals surface area contributed by atoms with Crippen molar-refractivity contribution in [2.75, 3.05) is 0 Å². The van der Waals surface area contributed by atoms with E-state index in [2.05, 4.69) is 5.32 Å². The van der Waals surface area contributed by atoms with Gasteiger partial charge in [0, 0.05) is 10.9 Å². The molecule has 1 aromatic heterocycles. The summed E-state index contributed by atoms with van der Waals surface area (Å²) >= 11 is 1.48. The number of carboxylic acids is 1. The average Bonchev–Trinajstić information content (AvgIpc) is 2.80. The topological polar surface area (TPSA) is 69.6 Å². The third-order valence-electron chi connectivity index (χ3n) is 3.20. The Labute approximate surface area is 118 Å². The summed E-state index contributed by atoms with van der Waals surface area (Å²) in [5.41, 5.74) is 0. The number of aliphatic hydroxyl groups is 1. The van der Waals surface area contributed by atoms with E-state index in [1.165, 1.54) is 11.3 Å². The third-order valence-corrected chi connectivity index (χ3v) is 4.14. The lowest BCUT2D eigenvalue weighted by Crippen LogP contribution is -2.50. The normalized spacial score (nSPS) is 16.6. The zero-order valence-corrected chi connectivity index (χ0v) is 12.6. The molecule has 0 aliphatic carbocycles. The van der Waals surface area contributed by atoms with Crippen molar-refractivity contribution in [2.45, 2.75) is 45.9 Å². The van der Waals surface area contributed by atoms with Crippen LogP contribution in [0, 0.1) is 11.8 Å². The predicted octanol–water partition coefficient (Wildman–Crippen LogP) is 2.50. The molecule has 0 bridgehead atoms. The Hall–Kier alpha value is -0.910. The van der Waals surface area contributed by atoms with E-state index in [9.17, 15) is 15.0 Å². The van der Waals surface area contributed by atoms with Gasteiger partial charge in [0.2, 0.25) is 0 Å². The molecule has 1 heterocycles. The summed E-state index contributed by atoms with van der Waals surface area (Å²) in [6.07, 6.45) is -0.680. The quantitative estimate of drug-likeness (QED) is 0.720. The maximum absolute atomic E-state index is 11.3.